The van der Waals surface area contributed by atoms with Crippen molar-refractivity contribution in [2.45, 2.75) is 68.7 Å². The first-order valence-corrected chi connectivity index (χ1v) is 16.7. The van der Waals surface area contributed by atoms with Crippen LogP contribution in [0.4, 0.5) is 23.4 Å². The zero-order chi connectivity index (χ0) is 28.5. The number of hydrogen-bond acceptors (Lipinski definition) is 5. The molecule has 0 saturated carbocycles. The summed E-state index contributed by atoms with van der Waals surface area (Å²) in [6.45, 7) is 9.41. The Morgan fingerprint density at radius 2 is 1.68 bits per heavy atom. The van der Waals surface area contributed by atoms with Gasteiger partial charge in [-0.2, -0.15) is 12.5 Å². The molecule has 0 aliphatic carbocycles. The molecular weight excluding hydrogens is 562 g/mol. The third kappa shape index (κ3) is 5.07. The fraction of sp³-hybridized carbons (Fsp3) is 0.480. The molecule has 208 valence electrons. The van der Waals surface area contributed by atoms with Gasteiger partial charge in [0.2, 0.25) is 0 Å². The number of anilines is 1. The van der Waals surface area contributed by atoms with Gasteiger partial charge in [-0.15, -0.1) is 5.10 Å². The van der Waals surface area contributed by atoms with Crippen LogP contribution >= 0.6 is 11.6 Å². The van der Waals surface area contributed by atoms with Gasteiger partial charge in [0.15, 0.2) is 14.1 Å². The monoisotopic (exact) mass is 591 g/mol. The molecule has 1 aliphatic rings. The molecule has 2 aromatic carbocycles. The van der Waals surface area contributed by atoms with Gasteiger partial charge in [0.1, 0.15) is 6.10 Å². The number of halogens is 5. The summed E-state index contributed by atoms with van der Waals surface area (Å²) in [5, 5.41) is 4.28. The maximum Gasteiger partial charge on any atom is 0.291 e. The number of nitrogens with zero attached hydrogens (tertiary/aromatic N) is 3. The van der Waals surface area contributed by atoms with Crippen molar-refractivity contribution in [3.05, 3.63) is 53.1 Å². The van der Waals surface area contributed by atoms with Crippen molar-refractivity contribution in [1.29, 1.82) is 0 Å². The summed E-state index contributed by atoms with van der Waals surface area (Å²) in [6, 6.07) is 8.67. The van der Waals surface area contributed by atoms with Crippen molar-refractivity contribution in [2.75, 3.05) is 18.0 Å². The van der Waals surface area contributed by atoms with Crippen molar-refractivity contribution in [3.63, 3.8) is 0 Å². The number of rotatable bonds is 6. The molecule has 0 radical (unpaired) electrons. The molecule has 38 heavy (non-hydrogen) atoms. The molecule has 1 atom stereocenters. The lowest BCUT2D eigenvalue weighted by molar-refractivity contribution is -0.0648. The summed E-state index contributed by atoms with van der Waals surface area (Å²) in [4.78, 5) is 1.01. The topological polar surface area (TPSA) is 64.4 Å². The summed E-state index contributed by atoms with van der Waals surface area (Å²) in [7, 11) is -6.93. The molecule has 1 saturated heterocycles. The summed E-state index contributed by atoms with van der Waals surface area (Å²) in [6.07, 6.45) is -1.41. The van der Waals surface area contributed by atoms with Gasteiger partial charge in [-0.25, -0.2) is 17.6 Å². The van der Waals surface area contributed by atoms with Crippen LogP contribution in [0.15, 0.2) is 47.4 Å². The second-order valence-corrected chi connectivity index (χ2v) is 18.2. The second-order valence-electron chi connectivity index (χ2n) is 11.2. The molecule has 1 aliphatic heterocycles. The van der Waals surface area contributed by atoms with Gasteiger partial charge in [0.05, 0.1) is 33.9 Å². The Kier molecular flexibility index (Phi) is 6.99. The first-order valence-electron chi connectivity index (χ1n) is 12.0. The molecule has 1 unspecified atom stereocenters. The second kappa shape index (κ2) is 9.21. The van der Waals surface area contributed by atoms with E-state index in [-0.39, 0.29) is 43.8 Å². The normalized spacial score (nSPS) is 18.9. The van der Waals surface area contributed by atoms with Gasteiger partial charge in [-0.3, -0.25) is 0 Å². The Bertz CT molecular complexity index is 1470. The minimum Gasteiger partial charge on any atom is -0.406 e. The van der Waals surface area contributed by atoms with Crippen molar-refractivity contribution < 1.29 is 30.4 Å². The average molecular weight is 592 g/mol. The van der Waals surface area contributed by atoms with Gasteiger partial charge in [0.25, 0.3) is 21.9 Å². The van der Waals surface area contributed by atoms with Crippen LogP contribution in [0.1, 0.15) is 33.3 Å². The highest BCUT2D eigenvalue weighted by Crippen LogP contribution is 2.43. The third-order valence-corrected chi connectivity index (χ3v) is 13.7. The molecule has 2 heterocycles. The van der Waals surface area contributed by atoms with Crippen LogP contribution in [0, 0.1) is 0 Å². The summed E-state index contributed by atoms with van der Waals surface area (Å²) in [5.74, 6) is -6.38. The Morgan fingerprint density at radius 1 is 1.08 bits per heavy atom. The zero-order valence-corrected chi connectivity index (χ0v) is 24.5. The highest BCUT2D eigenvalue weighted by Gasteiger charge is 2.53. The van der Waals surface area contributed by atoms with Crippen LogP contribution in [0.2, 0.25) is 23.2 Å². The van der Waals surface area contributed by atoms with Crippen LogP contribution in [0.25, 0.3) is 10.9 Å². The van der Waals surface area contributed by atoms with Crippen LogP contribution < -0.4 is 4.90 Å². The van der Waals surface area contributed by atoms with E-state index in [1.807, 2.05) is 33.9 Å². The van der Waals surface area contributed by atoms with Gasteiger partial charge in [0, 0.05) is 12.5 Å². The molecule has 0 N–H and O–H groups in total. The smallest absolute Gasteiger partial charge is 0.291 e. The predicted octanol–water partition coefficient (Wildman–Crippen LogP) is 6.88. The predicted molar refractivity (Wildman–Crippen MR) is 143 cm³/mol. The molecule has 0 bridgehead atoms. The van der Waals surface area contributed by atoms with Crippen molar-refractivity contribution in [2.24, 2.45) is 0 Å². The quantitative estimate of drug-likeness (QED) is 0.231. The molecular formula is C25H30ClF4N3O3SSi. The molecule has 6 nitrogen and oxygen atoms in total. The maximum atomic E-state index is 15.2. The maximum absolute atomic E-state index is 15.2. The fourth-order valence-electron chi connectivity index (χ4n) is 4.08. The molecule has 13 heteroatoms. The zero-order valence-electron chi connectivity index (χ0n) is 21.9. The van der Waals surface area contributed by atoms with Crippen molar-refractivity contribution in [3.8, 4) is 0 Å². The van der Waals surface area contributed by atoms with E-state index in [0.29, 0.717) is 11.0 Å². The van der Waals surface area contributed by atoms with E-state index in [0.717, 1.165) is 24.3 Å². The number of aromatic nitrogens is 2. The first kappa shape index (κ1) is 28.8. The van der Waals surface area contributed by atoms with E-state index < -0.39 is 42.8 Å². The van der Waals surface area contributed by atoms with E-state index in [4.69, 9.17) is 16.0 Å². The average Bonchev–Trinajstić information content (AvgIpc) is 3.31. The van der Waals surface area contributed by atoms with Crippen LogP contribution in [-0.2, 0) is 20.4 Å². The molecule has 0 amide bonds. The van der Waals surface area contributed by atoms with E-state index in [1.165, 1.54) is 23.1 Å². The van der Waals surface area contributed by atoms with Crippen LogP contribution in [0.5, 0.6) is 0 Å². The Morgan fingerprint density at radius 3 is 2.24 bits per heavy atom. The minimum absolute atomic E-state index is 0.0214. The standard InChI is InChI=1S/C25H30ClF4N3O3SSi/c1-23(2,3)38(5,6)36-20-14-32(15-25(20,29)30)22-21-18(26)8-7-9-19(21)33(31-22)37(34,35)17-12-10-16(11-13-17)24(4,27)28/h7-13,20H,14-15H2,1-6H3. The van der Waals surface area contributed by atoms with E-state index in [1.54, 1.807) is 0 Å². The SMILES string of the molecule is CC(F)(F)c1ccc(S(=O)(=O)n2nc(N3CC(O[Si](C)(C)C(C)(C)C)C(F)(F)C3)c3c(Cl)cccc32)cc1. The van der Waals surface area contributed by atoms with Gasteiger partial charge < -0.3 is 9.33 Å². The Balaban J connectivity index is 1.78. The Labute approximate surface area is 225 Å². The van der Waals surface area contributed by atoms with Crippen LogP contribution in [0.3, 0.4) is 0 Å². The van der Waals surface area contributed by atoms with Crippen molar-refractivity contribution >= 4 is 46.7 Å². The summed E-state index contributed by atoms with van der Waals surface area (Å²) < 4.78 is 91.5. The summed E-state index contributed by atoms with van der Waals surface area (Å²) in [5.41, 5.74) is -0.271. The van der Waals surface area contributed by atoms with Gasteiger partial charge in [-0.1, -0.05) is 50.6 Å². The number of hydrogen-bond donors (Lipinski definition) is 0. The first-order chi connectivity index (χ1) is 17.3. The largest absolute Gasteiger partial charge is 0.406 e. The minimum atomic E-state index is -4.38. The van der Waals surface area contributed by atoms with E-state index in [2.05, 4.69) is 5.10 Å². The number of fused-ring (bicyclic) bond motifs is 1. The van der Waals surface area contributed by atoms with E-state index >= 15 is 8.78 Å². The lowest BCUT2D eigenvalue weighted by atomic mass is 10.1. The highest BCUT2D eigenvalue weighted by molar-refractivity contribution is 7.90. The van der Waals surface area contributed by atoms with E-state index in [9.17, 15) is 17.2 Å². The molecule has 1 aromatic heterocycles. The fourth-order valence-corrected chi connectivity index (χ4v) is 6.92. The third-order valence-electron chi connectivity index (χ3n) is 7.30. The number of alkyl halides is 4. The molecule has 3 aromatic rings. The molecule has 0 spiro atoms. The molecule has 1 fully saturated rings. The number of benzene rings is 2. The van der Waals surface area contributed by atoms with Crippen molar-refractivity contribution in [1.82, 2.24) is 9.19 Å². The van der Waals surface area contributed by atoms with Gasteiger partial charge in [-0.05, 0) is 42.4 Å². The Hall–Kier alpha value is -2.15. The highest BCUT2D eigenvalue weighted by atomic mass is 35.5. The summed E-state index contributed by atoms with van der Waals surface area (Å²) >= 11 is 6.42. The lowest BCUT2D eigenvalue weighted by Crippen LogP contribution is -2.48. The molecule has 4 rings (SSSR count). The van der Waals surface area contributed by atoms with Gasteiger partial charge >= 0.3 is 0 Å². The lowest BCUT2D eigenvalue weighted by Gasteiger charge is -2.39. The van der Waals surface area contributed by atoms with Crippen LogP contribution in [-0.4, -0.2) is 51.0 Å².